The molecule has 3 rings (SSSR count). The Morgan fingerprint density at radius 2 is 1.85 bits per heavy atom. The largest absolute Gasteiger partial charge is 0.497 e. The first kappa shape index (κ1) is 19.3. The van der Waals surface area contributed by atoms with Crippen LogP contribution in [0.15, 0.2) is 47.4 Å². The van der Waals surface area contributed by atoms with Crippen molar-refractivity contribution in [2.45, 2.75) is 24.8 Å². The van der Waals surface area contributed by atoms with E-state index >= 15 is 0 Å². The number of hydrogen-bond donors (Lipinski definition) is 2. The smallest absolute Gasteiger partial charge is 0.257 e. The number of carbonyl (C=O) groups excluding carboxylic acids is 1. The number of methoxy groups -OCH3 is 1. The highest BCUT2D eigenvalue weighted by molar-refractivity contribution is 7.89. The van der Waals surface area contributed by atoms with E-state index in [4.69, 9.17) is 4.74 Å². The monoisotopic (exact) mass is 405 g/mol. The van der Waals surface area contributed by atoms with Crippen molar-refractivity contribution in [1.29, 1.82) is 0 Å². The van der Waals surface area contributed by atoms with Crippen LogP contribution in [0.3, 0.4) is 0 Å². The summed E-state index contributed by atoms with van der Waals surface area (Å²) in [5.41, 5.74) is 1.10. The summed E-state index contributed by atoms with van der Waals surface area (Å²) >= 11 is 1.34. The molecule has 0 spiro atoms. The fourth-order valence-electron chi connectivity index (χ4n) is 2.42. The number of sulfonamides is 1. The molecule has 2 aromatic carbocycles. The molecule has 0 atom stereocenters. The van der Waals surface area contributed by atoms with Crippen molar-refractivity contribution in [1.82, 2.24) is 9.71 Å². The zero-order chi connectivity index (χ0) is 19.6. The molecule has 0 unspecified atom stereocenters. The summed E-state index contributed by atoms with van der Waals surface area (Å²) in [5.74, 6) is 0.359. The lowest BCUT2D eigenvalue weighted by Gasteiger charge is -2.09. The van der Waals surface area contributed by atoms with Crippen molar-refractivity contribution in [3.05, 3.63) is 48.0 Å². The fraction of sp³-hybridized carbons (Fsp3) is 0.222. The second kappa shape index (κ2) is 7.63. The number of aromatic nitrogens is 1. The van der Waals surface area contributed by atoms with Gasteiger partial charge in [-0.25, -0.2) is 18.1 Å². The molecule has 3 aromatic rings. The molecule has 1 aromatic heterocycles. The Labute approximate surface area is 161 Å². The van der Waals surface area contributed by atoms with Crippen molar-refractivity contribution >= 4 is 42.6 Å². The molecular formula is C18H19N3O4S2. The van der Waals surface area contributed by atoms with E-state index in [0.717, 1.165) is 16.0 Å². The molecular weight excluding hydrogens is 386 g/mol. The molecule has 9 heteroatoms. The zero-order valence-electron chi connectivity index (χ0n) is 15.0. The van der Waals surface area contributed by atoms with Gasteiger partial charge in [0.2, 0.25) is 10.0 Å². The quantitative estimate of drug-likeness (QED) is 0.656. The molecule has 0 aliphatic heterocycles. The third-order valence-corrected chi connectivity index (χ3v) is 6.24. The van der Waals surface area contributed by atoms with Gasteiger partial charge in [0, 0.05) is 11.6 Å². The van der Waals surface area contributed by atoms with E-state index in [0.29, 0.717) is 10.7 Å². The van der Waals surface area contributed by atoms with Crippen LogP contribution in [-0.2, 0) is 10.0 Å². The number of rotatable bonds is 6. The van der Waals surface area contributed by atoms with Crippen molar-refractivity contribution in [3.63, 3.8) is 0 Å². The maximum absolute atomic E-state index is 12.4. The summed E-state index contributed by atoms with van der Waals surface area (Å²) in [5, 5.41) is 3.20. The molecule has 0 saturated carbocycles. The second-order valence-corrected chi connectivity index (χ2v) is 8.85. The van der Waals surface area contributed by atoms with Crippen molar-refractivity contribution < 1.29 is 17.9 Å². The minimum absolute atomic E-state index is 0.111. The summed E-state index contributed by atoms with van der Waals surface area (Å²) in [7, 11) is -2.00. The van der Waals surface area contributed by atoms with Crippen molar-refractivity contribution in [2.24, 2.45) is 0 Å². The SMILES string of the molecule is COc1ccc2nc(NC(=O)c3ccc(S(=O)(=O)NC(C)C)cc3)sc2c1. The molecule has 0 radical (unpaired) electrons. The van der Waals surface area contributed by atoms with Crippen LogP contribution in [0.4, 0.5) is 5.13 Å². The summed E-state index contributed by atoms with van der Waals surface area (Å²) in [4.78, 5) is 16.9. The first-order valence-corrected chi connectivity index (χ1v) is 10.5. The molecule has 27 heavy (non-hydrogen) atoms. The number of nitrogens with one attached hydrogen (secondary N) is 2. The lowest BCUT2D eigenvalue weighted by Crippen LogP contribution is -2.30. The van der Waals surface area contributed by atoms with Gasteiger partial charge >= 0.3 is 0 Å². The van der Waals surface area contributed by atoms with E-state index in [1.165, 1.54) is 35.6 Å². The number of thiazole rings is 1. The number of fused-ring (bicyclic) bond motifs is 1. The van der Waals surface area contributed by atoms with Gasteiger partial charge in [-0.2, -0.15) is 0 Å². The fourth-order valence-corrected chi connectivity index (χ4v) is 4.56. The predicted molar refractivity (Wildman–Crippen MR) is 106 cm³/mol. The van der Waals surface area contributed by atoms with Crippen LogP contribution in [0.25, 0.3) is 10.2 Å². The number of anilines is 1. The van der Waals surface area contributed by atoms with Crippen molar-refractivity contribution in [2.75, 3.05) is 12.4 Å². The van der Waals surface area contributed by atoms with E-state index < -0.39 is 10.0 Å². The van der Waals surface area contributed by atoms with E-state index in [1.807, 2.05) is 12.1 Å². The van der Waals surface area contributed by atoms with Gasteiger partial charge in [-0.3, -0.25) is 10.1 Å². The van der Waals surface area contributed by atoms with Gasteiger partial charge in [0.05, 0.1) is 22.2 Å². The number of ether oxygens (including phenoxy) is 1. The maximum Gasteiger partial charge on any atom is 0.257 e. The molecule has 0 saturated heterocycles. The van der Waals surface area contributed by atoms with Crippen LogP contribution in [0, 0.1) is 0 Å². The number of amides is 1. The normalized spacial score (nSPS) is 11.7. The maximum atomic E-state index is 12.4. The van der Waals surface area contributed by atoms with Gasteiger partial charge in [-0.05, 0) is 56.3 Å². The van der Waals surface area contributed by atoms with Crippen LogP contribution < -0.4 is 14.8 Å². The minimum Gasteiger partial charge on any atom is -0.497 e. The Kier molecular flexibility index (Phi) is 5.45. The number of nitrogens with zero attached hydrogens (tertiary/aromatic N) is 1. The third-order valence-electron chi connectivity index (χ3n) is 3.63. The zero-order valence-corrected chi connectivity index (χ0v) is 16.6. The van der Waals surface area contributed by atoms with E-state index in [9.17, 15) is 13.2 Å². The van der Waals surface area contributed by atoms with Gasteiger partial charge in [0.25, 0.3) is 5.91 Å². The summed E-state index contributed by atoms with van der Waals surface area (Å²) < 4.78 is 32.8. The molecule has 142 valence electrons. The summed E-state index contributed by atoms with van der Waals surface area (Å²) in [6.45, 7) is 3.49. The van der Waals surface area contributed by atoms with Crippen LogP contribution in [0.2, 0.25) is 0 Å². The Morgan fingerprint density at radius 3 is 2.48 bits per heavy atom. The number of benzene rings is 2. The molecule has 1 heterocycles. The molecule has 0 aliphatic carbocycles. The van der Waals surface area contributed by atoms with Gasteiger partial charge in [0.1, 0.15) is 5.75 Å². The Hall–Kier alpha value is -2.49. The Morgan fingerprint density at radius 1 is 1.15 bits per heavy atom. The molecule has 0 aliphatic rings. The average Bonchev–Trinajstić information content (AvgIpc) is 3.01. The highest BCUT2D eigenvalue weighted by atomic mass is 32.2. The Bertz CT molecular complexity index is 1070. The molecule has 7 nitrogen and oxygen atoms in total. The van der Waals surface area contributed by atoms with Crippen LogP contribution in [0.5, 0.6) is 5.75 Å². The molecule has 2 N–H and O–H groups in total. The van der Waals surface area contributed by atoms with Crippen molar-refractivity contribution in [3.8, 4) is 5.75 Å². The van der Waals surface area contributed by atoms with E-state index in [1.54, 1.807) is 27.0 Å². The predicted octanol–water partition coefficient (Wildman–Crippen LogP) is 3.24. The highest BCUT2D eigenvalue weighted by Crippen LogP contribution is 2.29. The third kappa shape index (κ3) is 4.44. The number of carbonyl (C=O) groups is 1. The van der Waals surface area contributed by atoms with E-state index in [2.05, 4.69) is 15.0 Å². The number of hydrogen-bond acceptors (Lipinski definition) is 6. The lowest BCUT2D eigenvalue weighted by molar-refractivity contribution is 0.102. The second-order valence-electron chi connectivity index (χ2n) is 6.11. The summed E-state index contributed by atoms with van der Waals surface area (Å²) in [6, 6.07) is 11.0. The van der Waals surface area contributed by atoms with Crippen LogP contribution in [-0.4, -0.2) is 32.5 Å². The topological polar surface area (TPSA) is 97.4 Å². The standard InChI is InChI=1S/C18H19N3O4S2/c1-11(2)21-27(23,24)14-7-4-12(5-8-14)17(22)20-18-19-15-9-6-13(25-3)10-16(15)26-18/h4-11,21H,1-3H3,(H,19,20,22). The average molecular weight is 406 g/mol. The molecule has 0 fully saturated rings. The van der Waals surface area contributed by atoms with Gasteiger partial charge < -0.3 is 4.74 Å². The van der Waals surface area contributed by atoms with Crippen LogP contribution >= 0.6 is 11.3 Å². The highest BCUT2D eigenvalue weighted by Gasteiger charge is 2.16. The summed E-state index contributed by atoms with van der Waals surface area (Å²) in [6.07, 6.45) is 0. The molecule has 1 amide bonds. The lowest BCUT2D eigenvalue weighted by atomic mass is 10.2. The Balaban J connectivity index is 1.76. The van der Waals surface area contributed by atoms with Crippen LogP contribution in [0.1, 0.15) is 24.2 Å². The van der Waals surface area contributed by atoms with Gasteiger partial charge in [-0.1, -0.05) is 11.3 Å². The van der Waals surface area contributed by atoms with Gasteiger partial charge in [0.15, 0.2) is 5.13 Å². The first-order chi connectivity index (χ1) is 12.8. The minimum atomic E-state index is -3.59. The molecule has 0 bridgehead atoms. The van der Waals surface area contributed by atoms with E-state index in [-0.39, 0.29) is 16.8 Å². The first-order valence-electron chi connectivity index (χ1n) is 8.17. The van der Waals surface area contributed by atoms with Gasteiger partial charge in [-0.15, -0.1) is 0 Å².